The predicted octanol–water partition coefficient (Wildman–Crippen LogP) is 2.50. The highest BCUT2D eigenvalue weighted by atomic mass is 32.2. The number of thioether (sulfide) groups is 1. The van der Waals surface area contributed by atoms with Gasteiger partial charge in [-0.25, -0.2) is 0 Å². The third-order valence-corrected chi connectivity index (χ3v) is 3.89. The maximum Gasteiger partial charge on any atom is 0.294 e. The van der Waals surface area contributed by atoms with Crippen molar-refractivity contribution in [3.63, 3.8) is 0 Å². The lowest BCUT2D eigenvalue weighted by Crippen LogP contribution is -2.40. The van der Waals surface area contributed by atoms with Crippen molar-refractivity contribution in [1.29, 1.82) is 0 Å². The van der Waals surface area contributed by atoms with Crippen LogP contribution in [0, 0.1) is 5.92 Å². The summed E-state index contributed by atoms with van der Waals surface area (Å²) in [5, 5.41) is 2.29. The summed E-state index contributed by atoms with van der Waals surface area (Å²) in [6.45, 7) is 4.24. The van der Waals surface area contributed by atoms with E-state index in [1.54, 1.807) is 6.08 Å². The van der Waals surface area contributed by atoms with E-state index in [9.17, 15) is 14.4 Å². The first-order chi connectivity index (χ1) is 10.5. The summed E-state index contributed by atoms with van der Waals surface area (Å²) in [6, 6.07) is 9.29. The molecule has 0 spiro atoms. The molecule has 1 aromatic rings. The first-order valence-electron chi connectivity index (χ1n) is 7.04. The Morgan fingerprint density at radius 3 is 2.59 bits per heavy atom. The van der Waals surface area contributed by atoms with E-state index in [1.165, 1.54) is 0 Å². The van der Waals surface area contributed by atoms with Crippen LogP contribution in [0.5, 0.6) is 0 Å². The molecule has 116 valence electrons. The largest absolute Gasteiger partial charge is 0.354 e. The van der Waals surface area contributed by atoms with Crippen molar-refractivity contribution in [2.45, 2.75) is 13.8 Å². The van der Waals surface area contributed by atoms with Crippen LogP contribution in [0.15, 0.2) is 35.2 Å². The molecule has 0 saturated carbocycles. The number of benzene rings is 1. The van der Waals surface area contributed by atoms with Crippen LogP contribution in [-0.2, 0) is 9.59 Å². The van der Waals surface area contributed by atoms with Crippen molar-refractivity contribution < 1.29 is 14.4 Å². The summed E-state index contributed by atoms with van der Waals surface area (Å²) in [5.74, 6) is -0.424. The first kappa shape index (κ1) is 16.3. The topological polar surface area (TPSA) is 66.5 Å². The van der Waals surface area contributed by atoms with Gasteiger partial charge in [-0.1, -0.05) is 44.2 Å². The molecule has 0 aromatic heterocycles. The number of imide groups is 1. The fourth-order valence-corrected chi connectivity index (χ4v) is 2.69. The molecule has 6 heteroatoms. The Morgan fingerprint density at radius 2 is 1.95 bits per heavy atom. The highest BCUT2D eigenvalue weighted by Crippen LogP contribution is 2.31. The molecule has 5 nitrogen and oxygen atoms in total. The van der Waals surface area contributed by atoms with E-state index in [4.69, 9.17) is 0 Å². The summed E-state index contributed by atoms with van der Waals surface area (Å²) >= 11 is 0.862. The number of carbonyl (C=O) groups is 3. The van der Waals surface area contributed by atoms with E-state index in [-0.39, 0.29) is 12.5 Å². The number of hydrogen-bond donors (Lipinski definition) is 1. The Labute approximate surface area is 133 Å². The van der Waals surface area contributed by atoms with E-state index in [1.807, 2.05) is 44.2 Å². The van der Waals surface area contributed by atoms with Gasteiger partial charge in [0.05, 0.1) is 4.91 Å². The summed E-state index contributed by atoms with van der Waals surface area (Å²) in [4.78, 5) is 37.2. The Balaban J connectivity index is 2.03. The summed E-state index contributed by atoms with van der Waals surface area (Å²) in [5.41, 5.74) is 0.845. The van der Waals surface area contributed by atoms with E-state index in [2.05, 4.69) is 5.32 Å². The average Bonchev–Trinajstić information content (AvgIpc) is 2.74. The lowest BCUT2D eigenvalue weighted by Gasteiger charge is -2.13. The van der Waals surface area contributed by atoms with Crippen LogP contribution in [0.4, 0.5) is 4.79 Å². The van der Waals surface area contributed by atoms with Gasteiger partial charge >= 0.3 is 0 Å². The smallest absolute Gasteiger partial charge is 0.294 e. The highest BCUT2D eigenvalue weighted by molar-refractivity contribution is 8.18. The molecule has 1 aromatic carbocycles. The Kier molecular flexibility index (Phi) is 5.38. The number of nitrogens with zero attached hydrogens (tertiary/aromatic N) is 1. The minimum atomic E-state index is -0.418. The van der Waals surface area contributed by atoms with Gasteiger partial charge < -0.3 is 5.32 Å². The van der Waals surface area contributed by atoms with Crippen LogP contribution in [0.1, 0.15) is 19.4 Å². The minimum absolute atomic E-state index is 0.233. The van der Waals surface area contributed by atoms with Gasteiger partial charge in [-0.15, -0.1) is 0 Å². The van der Waals surface area contributed by atoms with Gasteiger partial charge in [-0.05, 0) is 29.3 Å². The lowest BCUT2D eigenvalue weighted by molar-refractivity contribution is -0.129. The third-order valence-electron chi connectivity index (χ3n) is 2.98. The molecule has 0 unspecified atom stereocenters. The van der Waals surface area contributed by atoms with Crippen molar-refractivity contribution in [3.05, 3.63) is 40.8 Å². The number of rotatable bonds is 5. The standard InChI is InChI=1S/C16H18N2O3S/c1-11(2)9-17-14(19)10-18-15(20)13(22-16(18)21)8-12-6-4-3-5-7-12/h3-8,11H,9-10H2,1-2H3,(H,17,19)/b13-8+. The van der Waals surface area contributed by atoms with Gasteiger partial charge in [0.15, 0.2) is 0 Å². The number of hydrogen-bond acceptors (Lipinski definition) is 4. The molecule has 1 fully saturated rings. The molecule has 1 N–H and O–H groups in total. The van der Waals surface area contributed by atoms with E-state index in [0.717, 1.165) is 22.2 Å². The zero-order valence-corrected chi connectivity index (χ0v) is 13.4. The third kappa shape index (κ3) is 4.21. The summed E-state index contributed by atoms with van der Waals surface area (Å²) in [6.07, 6.45) is 1.66. The van der Waals surface area contributed by atoms with E-state index < -0.39 is 11.1 Å². The van der Waals surface area contributed by atoms with Crippen LogP contribution in [0.25, 0.3) is 6.08 Å². The van der Waals surface area contributed by atoms with Crippen molar-refractivity contribution in [3.8, 4) is 0 Å². The fourth-order valence-electron chi connectivity index (χ4n) is 1.85. The minimum Gasteiger partial charge on any atom is -0.354 e. The average molecular weight is 318 g/mol. The Hall–Kier alpha value is -2.08. The molecule has 3 amide bonds. The maximum absolute atomic E-state index is 12.2. The van der Waals surface area contributed by atoms with Crippen LogP contribution in [-0.4, -0.2) is 35.0 Å². The van der Waals surface area contributed by atoms with Crippen molar-refractivity contribution in [1.82, 2.24) is 10.2 Å². The van der Waals surface area contributed by atoms with Crippen LogP contribution in [0.3, 0.4) is 0 Å². The highest BCUT2D eigenvalue weighted by Gasteiger charge is 2.36. The molecule has 2 rings (SSSR count). The predicted molar refractivity (Wildman–Crippen MR) is 87.0 cm³/mol. The molecule has 1 saturated heterocycles. The second-order valence-electron chi connectivity index (χ2n) is 5.38. The second kappa shape index (κ2) is 7.26. The van der Waals surface area contributed by atoms with Crippen LogP contribution < -0.4 is 5.32 Å². The quantitative estimate of drug-likeness (QED) is 0.847. The summed E-state index contributed by atoms with van der Waals surface area (Å²) in [7, 11) is 0. The van der Waals surface area contributed by atoms with Crippen LogP contribution in [0.2, 0.25) is 0 Å². The molecule has 1 aliphatic heterocycles. The number of amides is 3. The van der Waals surface area contributed by atoms with E-state index >= 15 is 0 Å². The Bertz CT molecular complexity index is 611. The zero-order valence-electron chi connectivity index (χ0n) is 12.5. The maximum atomic E-state index is 12.2. The molecular weight excluding hydrogens is 300 g/mol. The van der Waals surface area contributed by atoms with Crippen molar-refractivity contribution in [2.24, 2.45) is 5.92 Å². The first-order valence-corrected chi connectivity index (χ1v) is 7.86. The monoisotopic (exact) mass is 318 g/mol. The van der Waals surface area contributed by atoms with Gasteiger partial charge in [0.2, 0.25) is 5.91 Å². The van der Waals surface area contributed by atoms with Crippen LogP contribution >= 0.6 is 11.8 Å². The SMILES string of the molecule is CC(C)CNC(=O)CN1C(=O)S/C(=C/c2ccccc2)C1=O. The van der Waals surface area contributed by atoms with Crippen molar-refractivity contribution in [2.75, 3.05) is 13.1 Å². The van der Waals surface area contributed by atoms with Gasteiger partial charge in [-0.3, -0.25) is 19.3 Å². The molecule has 1 heterocycles. The molecule has 0 aliphatic carbocycles. The van der Waals surface area contributed by atoms with Crippen molar-refractivity contribution >= 4 is 34.9 Å². The normalized spacial score (nSPS) is 16.7. The number of carbonyl (C=O) groups excluding carboxylic acids is 3. The number of nitrogens with one attached hydrogen (secondary N) is 1. The van der Waals surface area contributed by atoms with Gasteiger partial charge in [0.1, 0.15) is 6.54 Å². The summed E-state index contributed by atoms with van der Waals surface area (Å²) < 4.78 is 0. The fraction of sp³-hybridized carbons (Fsp3) is 0.312. The molecule has 0 atom stereocenters. The zero-order chi connectivity index (χ0) is 16.1. The van der Waals surface area contributed by atoms with Gasteiger partial charge in [-0.2, -0.15) is 0 Å². The molecule has 0 bridgehead atoms. The second-order valence-corrected chi connectivity index (χ2v) is 6.37. The lowest BCUT2D eigenvalue weighted by atomic mass is 10.2. The van der Waals surface area contributed by atoms with Gasteiger partial charge in [0, 0.05) is 6.54 Å². The molecule has 1 aliphatic rings. The molecular formula is C16H18N2O3S. The molecule has 22 heavy (non-hydrogen) atoms. The van der Waals surface area contributed by atoms with E-state index in [0.29, 0.717) is 17.4 Å². The Morgan fingerprint density at radius 1 is 1.27 bits per heavy atom. The molecule has 0 radical (unpaired) electrons. The van der Waals surface area contributed by atoms with Gasteiger partial charge in [0.25, 0.3) is 11.1 Å².